The van der Waals surface area contributed by atoms with Crippen molar-refractivity contribution >= 4 is 22.9 Å². The van der Waals surface area contributed by atoms with Gasteiger partial charge in [-0.15, -0.1) is 0 Å². The fraction of sp³-hybridized carbons (Fsp3) is 0.500. The second-order valence-corrected chi connectivity index (χ2v) is 8.22. The van der Waals surface area contributed by atoms with Gasteiger partial charge in [0.15, 0.2) is 17.0 Å². The van der Waals surface area contributed by atoms with Crippen molar-refractivity contribution in [2.45, 2.75) is 57.7 Å². The molecule has 3 aromatic rings. The van der Waals surface area contributed by atoms with E-state index in [1.165, 1.54) is 19.3 Å². The molecular formula is C22H31N7O2. The summed E-state index contributed by atoms with van der Waals surface area (Å²) in [6, 6.07) is 5.54. The van der Waals surface area contributed by atoms with E-state index >= 15 is 0 Å². The molecule has 0 radical (unpaired) electrons. The van der Waals surface area contributed by atoms with Crippen LogP contribution in [-0.4, -0.2) is 44.3 Å². The third kappa shape index (κ3) is 4.82. The maximum atomic E-state index is 10.2. The largest absolute Gasteiger partial charge is 0.508 e. The molecule has 31 heavy (non-hydrogen) atoms. The summed E-state index contributed by atoms with van der Waals surface area (Å²) in [4.78, 5) is 14.0. The number of aromatic hydroxyl groups is 1. The van der Waals surface area contributed by atoms with E-state index in [1.54, 1.807) is 25.3 Å². The molecule has 2 aromatic heterocycles. The number of nitrogens with two attached hydrogens (primary N) is 1. The van der Waals surface area contributed by atoms with Crippen molar-refractivity contribution < 1.29 is 9.84 Å². The molecule has 1 saturated carbocycles. The second kappa shape index (κ2) is 9.38. The summed E-state index contributed by atoms with van der Waals surface area (Å²) >= 11 is 0. The lowest BCUT2D eigenvalue weighted by atomic mass is 9.95. The number of fused-ring (bicyclic) bond motifs is 1. The number of ether oxygens (including phenoxy) is 1. The van der Waals surface area contributed by atoms with Gasteiger partial charge in [0.25, 0.3) is 0 Å². The van der Waals surface area contributed by atoms with Crippen molar-refractivity contribution in [3.8, 4) is 11.5 Å². The van der Waals surface area contributed by atoms with Crippen LogP contribution in [0.1, 0.15) is 50.6 Å². The van der Waals surface area contributed by atoms with Crippen LogP contribution in [0, 0.1) is 0 Å². The second-order valence-electron chi connectivity index (χ2n) is 8.22. The van der Waals surface area contributed by atoms with Gasteiger partial charge in [-0.2, -0.15) is 9.97 Å². The molecule has 2 heterocycles. The van der Waals surface area contributed by atoms with Crippen LogP contribution in [0.2, 0.25) is 0 Å². The van der Waals surface area contributed by atoms with E-state index < -0.39 is 0 Å². The Labute approximate surface area is 182 Å². The lowest BCUT2D eigenvalue weighted by Gasteiger charge is -2.23. The standard InChI is InChI=1S/C22H31N7O2/c1-14(23)11-25-22-27-20(24-12-15-10-17(31-2)8-9-18(15)30)19-21(28-22)29(13-26-19)16-6-4-3-5-7-16/h8-10,13-14,16,30H,3-7,11-12,23H2,1-2H3,(H2,24,25,27,28). The zero-order valence-electron chi connectivity index (χ0n) is 18.1. The minimum absolute atomic E-state index is 0.0207. The molecular weight excluding hydrogens is 394 g/mol. The monoisotopic (exact) mass is 425 g/mol. The summed E-state index contributed by atoms with van der Waals surface area (Å²) in [6.07, 6.45) is 7.89. The molecule has 1 unspecified atom stereocenters. The van der Waals surface area contributed by atoms with Crippen LogP contribution in [0.3, 0.4) is 0 Å². The molecule has 9 nitrogen and oxygen atoms in total. The molecule has 0 amide bonds. The Bertz CT molecular complexity index is 1030. The highest BCUT2D eigenvalue weighted by Gasteiger charge is 2.21. The van der Waals surface area contributed by atoms with E-state index in [0.717, 1.165) is 24.0 Å². The summed E-state index contributed by atoms with van der Waals surface area (Å²) < 4.78 is 7.46. The van der Waals surface area contributed by atoms with Crippen LogP contribution in [0.25, 0.3) is 11.2 Å². The number of anilines is 2. The van der Waals surface area contributed by atoms with Crippen LogP contribution in [0.15, 0.2) is 24.5 Å². The average Bonchev–Trinajstić information content (AvgIpc) is 3.21. The number of rotatable bonds is 8. The number of nitrogens with one attached hydrogen (secondary N) is 2. The van der Waals surface area contributed by atoms with Crippen LogP contribution in [-0.2, 0) is 6.54 Å². The van der Waals surface area contributed by atoms with Gasteiger partial charge in [0.2, 0.25) is 5.95 Å². The average molecular weight is 426 g/mol. The summed E-state index contributed by atoms with van der Waals surface area (Å²) in [7, 11) is 1.60. The van der Waals surface area contributed by atoms with Crippen molar-refractivity contribution in [2.24, 2.45) is 5.73 Å². The van der Waals surface area contributed by atoms with E-state index in [4.69, 9.17) is 15.5 Å². The normalized spacial score (nSPS) is 15.7. The first-order valence-corrected chi connectivity index (χ1v) is 10.9. The first-order valence-electron chi connectivity index (χ1n) is 10.9. The summed E-state index contributed by atoms with van der Waals surface area (Å²) in [5.74, 6) is 2.01. The molecule has 0 spiro atoms. The number of phenols is 1. The van der Waals surface area contributed by atoms with Gasteiger partial charge < -0.3 is 30.8 Å². The molecule has 9 heteroatoms. The lowest BCUT2D eigenvalue weighted by Crippen LogP contribution is -2.26. The van der Waals surface area contributed by atoms with Crippen LogP contribution in [0.4, 0.5) is 11.8 Å². The Kier molecular flexibility index (Phi) is 6.41. The van der Waals surface area contributed by atoms with Gasteiger partial charge in [-0.3, -0.25) is 0 Å². The van der Waals surface area contributed by atoms with Crippen molar-refractivity contribution in [1.29, 1.82) is 0 Å². The van der Waals surface area contributed by atoms with E-state index in [0.29, 0.717) is 42.2 Å². The molecule has 166 valence electrons. The number of nitrogens with zero attached hydrogens (tertiary/aromatic N) is 4. The molecule has 1 fully saturated rings. The molecule has 1 atom stereocenters. The maximum Gasteiger partial charge on any atom is 0.226 e. The van der Waals surface area contributed by atoms with E-state index in [2.05, 4.69) is 25.2 Å². The minimum atomic E-state index is -0.0207. The molecule has 0 aliphatic heterocycles. The lowest BCUT2D eigenvalue weighted by molar-refractivity contribution is 0.358. The number of benzene rings is 1. The number of aromatic nitrogens is 4. The van der Waals surface area contributed by atoms with Gasteiger partial charge in [0.1, 0.15) is 11.5 Å². The van der Waals surface area contributed by atoms with E-state index in [-0.39, 0.29) is 11.8 Å². The summed E-state index contributed by atoms with van der Waals surface area (Å²) in [5.41, 5.74) is 8.15. The highest BCUT2D eigenvalue weighted by atomic mass is 16.5. The van der Waals surface area contributed by atoms with Crippen LogP contribution < -0.4 is 21.1 Å². The fourth-order valence-electron chi connectivity index (χ4n) is 4.01. The minimum Gasteiger partial charge on any atom is -0.508 e. The fourth-order valence-corrected chi connectivity index (χ4v) is 4.01. The van der Waals surface area contributed by atoms with Crippen molar-refractivity contribution in [3.63, 3.8) is 0 Å². The number of phenolic OH excluding ortho intramolecular Hbond substituents is 1. The Hall–Kier alpha value is -3.07. The quantitative estimate of drug-likeness (QED) is 0.433. The molecule has 0 bridgehead atoms. The number of imidazole rings is 1. The van der Waals surface area contributed by atoms with Crippen LogP contribution >= 0.6 is 0 Å². The number of hydrogen-bond acceptors (Lipinski definition) is 8. The molecule has 1 aliphatic carbocycles. The van der Waals surface area contributed by atoms with E-state index in [9.17, 15) is 5.11 Å². The van der Waals surface area contributed by atoms with Crippen molar-refractivity contribution in [2.75, 3.05) is 24.3 Å². The summed E-state index contributed by atoms with van der Waals surface area (Å²) in [5, 5.41) is 16.8. The highest BCUT2D eigenvalue weighted by Crippen LogP contribution is 2.32. The molecule has 1 aromatic carbocycles. The Morgan fingerprint density at radius 2 is 2.03 bits per heavy atom. The maximum absolute atomic E-state index is 10.2. The zero-order valence-corrected chi connectivity index (χ0v) is 18.1. The molecule has 1 aliphatic rings. The molecule has 5 N–H and O–H groups in total. The predicted octanol–water partition coefficient (Wildman–Crippen LogP) is 3.42. The van der Waals surface area contributed by atoms with Gasteiger partial charge in [-0.25, -0.2) is 4.98 Å². The third-order valence-electron chi connectivity index (χ3n) is 5.70. The number of hydrogen-bond donors (Lipinski definition) is 4. The first-order chi connectivity index (χ1) is 15.0. The van der Waals surface area contributed by atoms with Crippen molar-refractivity contribution in [3.05, 3.63) is 30.1 Å². The van der Waals surface area contributed by atoms with Crippen molar-refractivity contribution in [1.82, 2.24) is 19.5 Å². The number of methoxy groups -OCH3 is 1. The highest BCUT2D eigenvalue weighted by molar-refractivity contribution is 5.84. The van der Waals surface area contributed by atoms with Gasteiger partial charge in [0.05, 0.1) is 13.4 Å². The SMILES string of the molecule is COc1ccc(O)c(CNc2nc(NCC(C)N)nc3c2ncn3C2CCCCC2)c1. The molecule has 0 saturated heterocycles. The zero-order chi connectivity index (χ0) is 21.8. The Morgan fingerprint density at radius 1 is 1.23 bits per heavy atom. The summed E-state index contributed by atoms with van der Waals surface area (Å²) in [6.45, 7) is 2.87. The van der Waals surface area contributed by atoms with E-state index in [1.807, 2.05) is 13.3 Å². The third-order valence-corrected chi connectivity index (χ3v) is 5.70. The van der Waals surface area contributed by atoms with Gasteiger partial charge in [-0.1, -0.05) is 19.3 Å². The van der Waals surface area contributed by atoms with Gasteiger partial charge in [0, 0.05) is 30.7 Å². The first kappa shape index (κ1) is 21.2. The Balaban J connectivity index is 1.66. The smallest absolute Gasteiger partial charge is 0.226 e. The predicted molar refractivity (Wildman–Crippen MR) is 122 cm³/mol. The molecule has 4 rings (SSSR count). The Morgan fingerprint density at radius 3 is 2.77 bits per heavy atom. The topological polar surface area (TPSA) is 123 Å². The van der Waals surface area contributed by atoms with Gasteiger partial charge in [-0.05, 0) is 38.0 Å². The van der Waals surface area contributed by atoms with Crippen LogP contribution in [0.5, 0.6) is 11.5 Å². The van der Waals surface area contributed by atoms with Gasteiger partial charge >= 0.3 is 0 Å².